The van der Waals surface area contributed by atoms with Crippen LogP contribution in [0.15, 0.2) is 36.5 Å². The first-order valence-corrected chi connectivity index (χ1v) is 10.2. The zero-order chi connectivity index (χ0) is 22.6. The fraction of sp³-hybridized carbons (Fsp3) is 0.364. The van der Waals surface area contributed by atoms with Gasteiger partial charge in [-0.15, -0.1) is 0 Å². The highest BCUT2D eigenvalue weighted by molar-refractivity contribution is 5.77. The number of aromatic nitrogens is 4. The van der Waals surface area contributed by atoms with Gasteiger partial charge in [0.05, 0.1) is 42.8 Å². The molecule has 1 aromatic carbocycles. The molecular weight excluding hydrogens is 413 g/mol. The summed E-state index contributed by atoms with van der Waals surface area (Å²) in [6.45, 7) is 3.77. The van der Waals surface area contributed by atoms with Gasteiger partial charge in [0.1, 0.15) is 5.82 Å². The Morgan fingerprint density at radius 3 is 2.69 bits per heavy atom. The van der Waals surface area contributed by atoms with Gasteiger partial charge in [-0.3, -0.25) is 0 Å². The standard InChI is InChI=1S/C22H24FN7O2/c1-22(11-25)12-31-20(32-13-22)19-29-17(14-3-5-15(23)6-4-14)18(30-19)16-7-10-27-21(28-16)26-9-2-8-24/h3-7,10,20H,2,9,11-13,25H2,1H3,(H,29,30)(H,26,27,28). The largest absolute Gasteiger partial charge is 0.353 e. The SMILES string of the molecule is CC1(CN)COC(c2nc(-c3ccc(F)cc3)c(-c3ccnc(NCCC#N)n3)[nH]2)OC1. The van der Waals surface area contributed by atoms with Gasteiger partial charge in [-0.2, -0.15) is 5.26 Å². The Balaban J connectivity index is 1.69. The highest BCUT2D eigenvalue weighted by Gasteiger charge is 2.34. The van der Waals surface area contributed by atoms with Gasteiger partial charge in [0.15, 0.2) is 5.82 Å². The molecule has 3 aromatic rings. The average Bonchev–Trinajstić information content (AvgIpc) is 3.26. The number of nitrogens with zero attached hydrogens (tertiary/aromatic N) is 4. The molecule has 32 heavy (non-hydrogen) atoms. The fourth-order valence-corrected chi connectivity index (χ4v) is 3.24. The lowest BCUT2D eigenvalue weighted by Crippen LogP contribution is -2.42. The van der Waals surface area contributed by atoms with Crippen molar-refractivity contribution >= 4 is 5.95 Å². The van der Waals surface area contributed by atoms with Gasteiger partial charge in [-0.1, -0.05) is 6.92 Å². The average molecular weight is 437 g/mol. The summed E-state index contributed by atoms with van der Waals surface area (Å²) in [7, 11) is 0. The number of rotatable bonds is 7. The fourth-order valence-electron chi connectivity index (χ4n) is 3.24. The highest BCUT2D eigenvalue weighted by atomic mass is 19.1. The molecule has 4 rings (SSSR count). The Hall–Kier alpha value is -3.39. The maximum atomic E-state index is 13.5. The van der Waals surface area contributed by atoms with Crippen molar-refractivity contribution in [3.63, 3.8) is 0 Å². The van der Waals surface area contributed by atoms with Crippen LogP contribution < -0.4 is 11.1 Å². The minimum atomic E-state index is -0.683. The molecule has 1 saturated heterocycles. The van der Waals surface area contributed by atoms with E-state index in [0.717, 1.165) is 0 Å². The topological polar surface area (TPSA) is 135 Å². The third-order valence-corrected chi connectivity index (χ3v) is 5.15. The molecule has 2 aromatic heterocycles. The summed E-state index contributed by atoms with van der Waals surface area (Å²) in [6.07, 6.45) is 1.27. The minimum absolute atomic E-state index is 0.248. The number of imidazole rings is 1. The van der Waals surface area contributed by atoms with E-state index in [1.54, 1.807) is 24.4 Å². The molecule has 1 aliphatic heterocycles. The molecule has 3 heterocycles. The Kier molecular flexibility index (Phi) is 6.41. The number of nitriles is 1. The van der Waals surface area contributed by atoms with Crippen molar-refractivity contribution in [2.24, 2.45) is 11.1 Å². The quantitative estimate of drug-likeness (QED) is 0.480. The maximum absolute atomic E-state index is 13.5. The predicted octanol–water partition coefficient (Wildman–Crippen LogP) is 3.01. The molecule has 0 unspecified atom stereocenters. The number of nitrogens with two attached hydrogens (primary N) is 1. The lowest BCUT2D eigenvalue weighted by Gasteiger charge is -2.35. The van der Waals surface area contributed by atoms with E-state index >= 15 is 0 Å². The van der Waals surface area contributed by atoms with Crippen LogP contribution in [0.25, 0.3) is 22.6 Å². The lowest BCUT2D eigenvalue weighted by molar-refractivity contribution is -0.231. The summed E-state index contributed by atoms with van der Waals surface area (Å²) in [5.41, 5.74) is 8.07. The van der Waals surface area contributed by atoms with Gasteiger partial charge in [0, 0.05) is 30.3 Å². The maximum Gasteiger partial charge on any atom is 0.223 e. The third-order valence-electron chi connectivity index (χ3n) is 5.15. The van der Waals surface area contributed by atoms with Gasteiger partial charge in [0.2, 0.25) is 12.2 Å². The zero-order valence-electron chi connectivity index (χ0n) is 17.6. The van der Waals surface area contributed by atoms with Crippen LogP contribution in [0.2, 0.25) is 0 Å². The third kappa shape index (κ3) is 4.75. The van der Waals surface area contributed by atoms with Gasteiger partial charge < -0.3 is 25.5 Å². The van der Waals surface area contributed by atoms with E-state index in [1.807, 2.05) is 6.92 Å². The molecule has 0 bridgehead atoms. The molecule has 0 aliphatic carbocycles. The second-order valence-corrected chi connectivity index (χ2v) is 7.92. The van der Waals surface area contributed by atoms with Crippen molar-refractivity contribution in [1.82, 2.24) is 19.9 Å². The number of H-pyrrole nitrogens is 1. The molecule has 0 saturated carbocycles. The first-order chi connectivity index (χ1) is 15.5. The number of hydrogen-bond acceptors (Lipinski definition) is 8. The summed E-state index contributed by atoms with van der Waals surface area (Å²) >= 11 is 0. The second-order valence-electron chi connectivity index (χ2n) is 7.92. The number of benzene rings is 1. The van der Waals surface area contributed by atoms with Crippen LogP contribution in [0.4, 0.5) is 10.3 Å². The van der Waals surface area contributed by atoms with E-state index in [-0.39, 0.29) is 11.2 Å². The molecule has 9 nitrogen and oxygen atoms in total. The molecule has 10 heteroatoms. The molecule has 0 spiro atoms. The number of ether oxygens (including phenoxy) is 2. The van der Waals surface area contributed by atoms with Crippen molar-refractivity contribution in [3.8, 4) is 28.7 Å². The Bertz CT molecular complexity index is 1100. The normalized spacial score (nSPS) is 20.6. The van der Waals surface area contributed by atoms with Crippen molar-refractivity contribution in [1.29, 1.82) is 5.26 Å². The summed E-state index contributed by atoms with van der Waals surface area (Å²) in [5, 5.41) is 11.8. The molecule has 0 amide bonds. The summed E-state index contributed by atoms with van der Waals surface area (Å²) in [6, 6.07) is 9.87. The number of hydrogen-bond donors (Lipinski definition) is 3. The van der Waals surface area contributed by atoms with Gasteiger partial charge in [0.25, 0.3) is 0 Å². The monoisotopic (exact) mass is 437 g/mol. The van der Waals surface area contributed by atoms with E-state index < -0.39 is 6.29 Å². The molecule has 4 N–H and O–H groups in total. The number of anilines is 1. The van der Waals surface area contributed by atoms with Crippen LogP contribution in [-0.2, 0) is 9.47 Å². The van der Waals surface area contributed by atoms with E-state index in [9.17, 15) is 4.39 Å². The molecule has 0 atom stereocenters. The van der Waals surface area contributed by atoms with Gasteiger partial charge in [-0.25, -0.2) is 19.3 Å². The first-order valence-electron chi connectivity index (χ1n) is 10.2. The van der Waals surface area contributed by atoms with Crippen LogP contribution in [0.3, 0.4) is 0 Å². The Morgan fingerprint density at radius 1 is 1.25 bits per heavy atom. The number of nitrogens with one attached hydrogen (secondary N) is 2. The van der Waals surface area contributed by atoms with E-state index in [0.29, 0.717) is 67.1 Å². The smallest absolute Gasteiger partial charge is 0.223 e. The Labute approximate surface area is 184 Å². The van der Waals surface area contributed by atoms with Crippen LogP contribution in [0.1, 0.15) is 25.5 Å². The van der Waals surface area contributed by atoms with E-state index in [2.05, 4.69) is 26.3 Å². The molecule has 1 fully saturated rings. The van der Waals surface area contributed by atoms with Crippen molar-refractivity contribution in [2.45, 2.75) is 19.6 Å². The summed E-state index contributed by atoms with van der Waals surface area (Å²) in [5.74, 6) is 0.538. The van der Waals surface area contributed by atoms with Crippen molar-refractivity contribution in [3.05, 3.63) is 48.2 Å². The molecule has 1 aliphatic rings. The van der Waals surface area contributed by atoms with Crippen LogP contribution in [0.5, 0.6) is 0 Å². The van der Waals surface area contributed by atoms with Crippen molar-refractivity contribution < 1.29 is 13.9 Å². The Morgan fingerprint density at radius 2 is 2.00 bits per heavy atom. The van der Waals surface area contributed by atoms with Crippen LogP contribution >= 0.6 is 0 Å². The molecular formula is C22H24FN7O2. The predicted molar refractivity (Wildman–Crippen MR) is 116 cm³/mol. The van der Waals surface area contributed by atoms with E-state index in [4.69, 9.17) is 25.5 Å². The first kappa shape index (κ1) is 21.8. The minimum Gasteiger partial charge on any atom is -0.353 e. The molecule has 166 valence electrons. The van der Waals surface area contributed by atoms with Crippen LogP contribution in [0, 0.1) is 22.6 Å². The van der Waals surface area contributed by atoms with Gasteiger partial charge >= 0.3 is 0 Å². The van der Waals surface area contributed by atoms with E-state index in [1.165, 1.54) is 12.1 Å². The van der Waals surface area contributed by atoms with Gasteiger partial charge in [-0.05, 0) is 30.3 Å². The summed E-state index contributed by atoms with van der Waals surface area (Å²) in [4.78, 5) is 16.7. The molecule has 0 radical (unpaired) electrons. The van der Waals surface area contributed by atoms with Crippen molar-refractivity contribution in [2.75, 3.05) is 31.6 Å². The number of aromatic amines is 1. The second kappa shape index (κ2) is 9.40. The highest BCUT2D eigenvalue weighted by Crippen LogP contribution is 2.35. The number of halogens is 1. The lowest BCUT2D eigenvalue weighted by atomic mass is 9.93. The zero-order valence-corrected chi connectivity index (χ0v) is 17.6. The van der Waals surface area contributed by atoms with Crippen LogP contribution in [-0.4, -0.2) is 46.2 Å². The summed E-state index contributed by atoms with van der Waals surface area (Å²) < 4.78 is 25.3.